The smallest absolute Gasteiger partial charge is 0.267 e. The molecule has 0 saturated carbocycles. The number of nitrogens with one attached hydrogen (secondary N) is 2. The minimum absolute atomic E-state index is 0.342. The molecule has 28 heavy (non-hydrogen) atoms. The number of aromatic nitrogens is 2. The first-order valence-electron chi connectivity index (χ1n) is 8.50. The highest BCUT2D eigenvalue weighted by Crippen LogP contribution is 2.09. The second-order valence-electron chi connectivity index (χ2n) is 6.85. The van der Waals surface area contributed by atoms with Crippen LogP contribution in [-0.2, 0) is 11.8 Å². The van der Waals surface area contributed by atoms with Crippen LogP contribution in [0.3, 0.4) is 0 Å². The number of hydrogen-bond acceptors (Lipinski definition) is 5. The van der Waals surface area contributed by atoms with Crippen LogP contribution < -0.4 is 16.5 Å². The lowest BCUT2D eigenvalue weighted by atomic mass is 9.95. The van der Waals surface area contributed by atoms with Gasteiger partial charge in [0.25, 0.3) is 11.8 Å². The monoisotopic (exact) mass is 381 g/mol. The number of imidazole rings is 1. The highest BCUT2D eigenvalue weighted by Gasteiger charge is 2.33. The van der Waals surface area contributed by atoms with Gasteiger partial charge in [-0.05, 0) is 50.3 Å². The molecule has 0 aliphatic rings. The first-order valence-corrected chi connectivity index (χ1v) is 8.50. The summed E-state index contributed by atoms with van der Waals surface area (Å²) in [6.45, 7) is 3.15. The van der Waals surface area contributed by atoms with Gasteiger partial charge in [-0.25, -0.2) is 10.5 Å². The van der Waals surface area contributed by atoms with E-state index in [0.717, 1.165) is 11.3 Å². The van der Waals surface area contributed by atoms with Crippen molar-refractivity contribution in [1.29, 1.82) is 0 Å². The summed E-state index contributed by atoms with van der Waals surface area (Å²) in [4.78, 5) is 28.3. The van der Waals surface area contributed by atoms with E-state index in [1.807, 2.05) is 17.8 Å². The van der Waals surface area contributed by atoms with Gasteiger partial charge in [-0.2, -0.15) is 0 Å². The molecule has 5 N–H and O–H groups in total. The fraction of sp³-hybridized carbons (Fsp3) is 0.250. The fourth-order valence-corrected chi connectivity index (χ4v) is 2.34. The Balaban J connectivity index is 2.03. The van der Waals surface area contributed by atoms with E-state index in [-0.39, 0.29) is 0 Å². The molecule has 2 amide bonds. The van der Waals surface area contributed by atoms with Crippen molar-refractivity contribution in [3.63, 3.8) is 0 Å². The van der Waals surface area contributed by atoms with Crippen LogP contribution in [0, 0.1) is 11.8 Å². The number of allylic oxidation sites excluding steroid dienone is 1. The van der Waals surface area contributed by atoms with Crippen molar-refractivity contribution in [3.8, 4) is 11.8 Å². The van der Waals surface area contributed by atoms with Gasteiger partial charge < -0.3 is 15.6 Å². The number of nitrogens with two attached hydrogens (primary N) is 1. The highest BCUT2D eigenvalue weighted by atomic mass is 16.5. The average molecular weight is 381 g/mol. The van der Waals surface area contributed by atoms with Gasteiger partial charge in [0.2, 0.25) is 0 Å². The van der Waals surface area contributed by atoms with Crippen LogP contribution in [0.15, 0.2) is 42.9 Å². The lowest BCUT2D eigenvalue weighted by Crippen LogP contribution is -2.61. The molecule has 1 aromatic heterocycles. The normalized spacial score (nSPS) is 12.2. The number of aryl methyl sites for hydroxylation is 1. The van der Waals surface area contributed by atoms with Crippen LogP contribution in [0.1, 0.15) is 35.5 Å². The number of carbonyl (C=O) groups is 2. The summed E-state index contributed by atoms with van der Waals surface area (Å²) in [5, 5.41) is 11.4. The van der Waals surface area contributed by atoms with Crippen LogP contribution in [0.5, 0.6) is 0 Å². The predicted molar refractivity (Wildman–Crippen MR) is 105 cm³/mol. The topological polar surface area (TPSA) is 122 Å². The first-order chi connectivity index (χ1) is 13.2. The molecule has 2 rings (SSSR count). The van der Waals surface area contributed by atoms with Crippen LogP contribution in [-0.4, -0.2) is 38.2 Å². The third-order valence-corrected chi connectivity index (χ3v) is 3.82. The molecular weight excluding hydrogens is 358 g/mol. The average Bonchev–Trinajstić information content (AvgIpc) is 3.07. The van der Waals surface area contributed by atoms with E-state index in [1.165, 1.54) is 5.48 Å². The van der Waals surface area contributed by atoms with Gasteiger partial charge in [0, 0.05) is 29.9 Å². The Morgan fingerprint density at radius 2 is 2.00 bits per heavy atom. The zero-order valence-corrected chi connectivity index (χ0v) is 15.9. The van der Waals surface area contributed by atoms with Crippen molar-refractivity contribution < 1.29 is 14.8 Å². The Labute approximate surface area is 163 Å². The SMILES string of the molecule is Cn1cnc(C=CC#Cc2ccc(C(=O)N[C@H](C(=O)NO)C(C)(C)N)cc2)c1. The zero-order valence-electron chi connectivity index (χ0n) is 15.9. The Hall–Kier alpha value is -3.41. The van der Waals surface area contributed by atoms with E-state index >= 15 is 0 Å². The van der Waals surface area contributed by atoms with Crippen molar-refractivity contribution in [3.05, 3.63) is 59.7 Å². The highest BCUT2D eigenvalue weighted by molar-refractivity contribution is 5.97. The minimum Gasteiger partial charge on any atom is -0.340 e. The Bertz CT molecular complexity index is 927. The molecule has 1 atom stereocenters. The van der Waals surface area contributed by atoms with Crippen molar-refractivity contribution in [1.82, 2.24) is 20.3 Å². The molecule has 0 bridgehead atoms. The number of benzene rings is 1. The van der Waals surface area contributed by atoms with Crippen molar-refractivity contribution in [2.24, 2.45) is 12.8 Å². The van der Waals surface area contributed by atoms with Crippen LogP contribution in [0.4, 0.5) is 0 Å². The molecule has 1 aromatic carbocycles. The minimum atomic E-state index is -1.10. The third kappa shape index (κ3) is 5.81. The van der Waals surface area contributed by atoms with E-state index in [4.69, 9.17) is 10.9 Å². The number of hydrogen-bond donors (Lipinski definition) is 4. The molecule has 8 nitrogen and oxygen atoms in total. The number of nitrogens with zero attached hydrogens (tertiary/aromatic N) is 2. The maximum Gasteiger partial charge on any atom is 0.267 e. The second kappa shape index (κ2) is 8.99. The van der Waals surface area contributed by atoms with Crippen LogP contribution >= 0.6 is 0 Å². The number of rotatable bonds is 5. The van der Waals surface area contributed by atoms with E-state index in [1.54, 1.807) is 56.6 Å². The first kappa shape index (κ1) is 20.9. The van der Waals surface area contributed by atoms with Crippen molar-refractivity contribution in [2.45, 2.75) is 25.4 Å². The summed E-state index contributed by atoms with van der Waals surface area (Å²) >= 11 is 0. The van der Waals surface area contributed by atoms with Gasteiger partial charge in [0.05, 0.1) is 12.0 Å². The van der Waals surface area contributed by atoms with Gasteiger partial charge in [0.1, 0.15) is 6.04 Å². The van der Waals surface area contributed by atoms with Gasteiger partial charge in [-0.1, -0.05) is 11.8 Å². The number of amides is 2. The molecule has 0 saturated heterocycles. The molecule has 0 spiro atoms. The standard InChI is InChI=1S/C20H23N5O3/c1-20(2,21)17(19(27)24-28)23-18(26)15-10-8-14(9-11-15)6-4-5-7-16-12-25(3)13-22-16/h5,7-13,17,28H,21H2,1-3H3,(H,23,26)(H,24,27)/t17-/m1/s1. The Kier molecular flexibility index (Phi) is 6.71. The van der Waals surface area contributed by atoms with Gasteiger partial charge in [-0.15, -0.1) is 0 Å². The molecule has 0 aliphatic heterocycles. The van der Waals surface area contributed by atoms with E-state index < -0.39 is 23.4 Å². The maximum atomic E-state index is 12.4. The van der Waals surface area contributed by atoms with Crippen molar-refractivity contribution >= 4 is 17.9 Å². The van der Waals surface area contributed by atoms with Crippen LogP contribution in [0.25, 0.3) is 6.08 Å². The van der Waals surface area contributed by atoms with E-state index in [0.29, 0.717) is 5.56 Å². The number of hydroxylamine groups is 1. The fourth-order valence-electron chi connectivity index (χ4n) is 2.34. The lowest BCUT2D eigenvalue weighted by molar-refractivity contribution is -0.132. The predicted octanol–water partition coefficient (Wildman–Crippen LogP) is 0.826. The lowest BCUT2D eigenvalue weighted by Gasteiger charge is -2.29. The molecular formula is C20H23N5O3. The Morgan fingerprint density at radius 1 is 1.32 bits per heavy atom. The molecule has 0 aliphatic carbocycles. The molecule has 146 valence electrons. The quantitative estimate of drug-likeness (QED) is 0.347. The summed E-state index contributed by atoms with van der Waals surface area (Å²) in [7, 11) is 1.89. The van der Waals surface area contributed by atoms with Gasteiger partial charge >= 0.3 is 0 Å². The number of carbonyl (C=O) groups excluding carboxylic acids is 2. The Morgan fingerprint density at radius 3 is 2.54 bits per heavy atom. The largest absolute Gasteiger partial charge is 0.340 e. The maximum absolute atomic E-state index is 12.4. The van der Waals surface area contributed by atoms with Gasteiger partial charge in [-0.3, -0.25) is 14.8 Å². The molecule has 0 radical (unpaired) electrons. The summed E-state index contributed by atoms with van der Waals surface area (Å²) in [5.41, 5.74) is 8.24. The zero-order chi connectivity index (χ0) is 20.7. The van der Waals surface area contributed by atoms with E-state index in [2.05, 4.69) is 22.1 Å². The third-order valence-electron chi connectivity index (χ3n) is 3.82. The van der Waals surface area contributed by atoms with Crippen molar-refractivity contribution in [2.75, 3.05) is 0 Å². The summed E-state index contributed by atoms with van der Waals surface area (Å²) in [6, 6.07) is 5.50. The summed E-state index contributed by atoms with van der Waals surface area (Å²) in [5.74, 6) is 4.59. The van der Waals surface area contributed by atoms with E-state index in [9.17, 15) is 9.59 Å². The molecule has 1 heterocycles. The summed E-state index contributed by atoms with van der Waals surface area (Å²) < 4.78 is 1.84. The molecule has 0 fully saturated rings. The van der Waals surface area contributed by atoms with Crippen LogP contribution in [0.2, 0.25) is 0 Å². The molecule has 8 heteroatoms. The second-order valence-corrected chi connectivity index (χ2v) is 6.85. The van der Waals surface area contributed by atoms with Gasteiger partial charge in [0.15, 0.2) is 0 Å². The molecule has 2 aromatic rings. The summed E-state index contributed by atoms with van der Waals surface area (Å²) in [6.07, 6.45) is 7.08. The molecule has 0 unspecified atom stereocenters.